The minimum absolute atomic E-state index is 0. The third-order valence-corrected chi connectivity index (χ3v) is 5.81. The maximum Gasteiger partial charge on any atom is 0.350 e. The van der Waals surface area contributed by atoms with E-state index in [0.717, 1.165) is 45.6 Å². The molecule has 0 spiro atoms. The maximum atomic E-state index is 12.9. The molecule has 2 heterocycles. The molecule has 164 valence electrons. The number of hydrogen-bond acceptors (Lipinski definition) is 5. The second kappa shape index (κ2) is 8.63. The molecule has 0 bridgehead atoms. The smallest absolute Gasteiger partial charge is 0.350 e. The minimum atomic E-state index is -0.249. The zero-order valence-corrected chi connectivity index (χ0v) is 19.6. The van der Waals surface area contributed by atoms with Gasteiger partial charge >= 0.3 is 5.69 Å². The quantitative estimate of drug-likeness (QED) is 0.624. The molecule has 0 saturated heterocycles. The van der Waals surface area contributed by atoms with Crippen molar-refractivity contribution in [3.63, 3.8) is 0 Å². The molecule has 2 aromatic carbocycles. The van der Waals surface area contributed by atoms with E-state index in [4.69, 9.17) is 9.47 Å². The summed E-state index contributed by atoms with van der Waals surface area (Å²) >= 11 is 0. The normalized spacial score (nSPS) is 11.8. The molecular formula is C24H28ClN3O3. The number of aryl methyl sites for hydroxylation is 4. The van der Waals surface area contributed by atoms with Crippen LogP contribution in [0.15, 0.2) is 29.1 Å². The second-order valence-corrected chi connectivity index (χ2v) is 7.88. The molecule has 1 aromatic heterocycles. The highest BCUT2D eigenvalue weighted by molar-refractivity contribution is 5.85. The van der Waals surface area contributed by atoms with E-state index in [0.29, 0.717) is 23.9 Å². The number of nitrogens with zero attached hydrogens (tertiary/aromatic N) is 2. The number of hydrogen-bond donors (Lipinski definition) is 1. The van der Waals surface area contributed by atoms with Crippen molar-refractivity contribution in [1.29, 1.82) is 0 Å². The molecular weight excluding hydrogens is 414 g/mol. The number of aromatic nitrogens is 2. The Balaban J connectivity index is 0.00000272. The molecule has 31 heavy (non-hydrogen) atoms. The molecule has 0 amide bonds. The first kappa shape index (κ1) is 22.7. The molecule has 3 aromatic rings. The van der Waals surface area contributed by atoms with Gasteiger partial charge < -0.3 is 14.8 Å². The van der Waals surface area contributed by atoms with Gasteiger partial charge in [0.05, 0.1) is 19.9 Å². The first-order valence-electron chi connectivity index (χ1n) is 10.1. The molecule has 0 fully saturated rings. The van der Waals surface area contributed by atoms with Gasteiger partial charge in [-0.1, -0.05) is 17.7 Å². The number of anilines is 2. The molecule has 4 rings (SSSR count). The first-order chi connectivity index (χ1) is 14.3. The molecule has 0 atom stereocenters. The lowest BCUT2D eigenvalue weighted by Gasteiger charge is -2.26. The van der Waals surface area contributed by atoms with Gasteiger partial charge in [0.25, 0.3) is 0 Å². The zero-order chi connectivity index (χ0) is 21.6. The molecule has 1 aliphatic heterocycles. The predicted octanol–water partition coefficient (Wildman–Crippen LogP) is 4.88. The summed E-state index contributed by atoms with van der Waals surface area (Å²) in [6, 6.07) is 8.21. The Morgan fingerprint density at radius 3 is 2.19 bits per heavy atom. The predicted molar refractivity (Wildman–Crippen MR) is 127 cm³/mol. The van der Waals surface area contributed by atoms with E-state index < -0.39 is 0 Å². The number of rotatable bonds is 4. The summed E-state index contributed by atoms with van der Waals surface area (Å²) in [4.78, 5) is 17.3. The summed E-state index contributed by atoms with van der Waals surface area (Å²) in [6.45, 7) is 8.81. The Kier molecular flexibility index (Phi) is 6.32. The monoisotopic (exact) mass is 441 g/mol. The van der Waals surface area contributed by atoms with Crippen molar-refractivity contribution in [1.82, 2.24) is 9.55 Å². The van der Waals surface area contributed by atoms with Crippen molar-refractivity contribution < 1.29 is 9.47 Å². The minimum Gasteiger partial charge on any atom is -0.493 e. The second-order valence-electron chi connectivity index (χ2n) is 7.88. The average Bonchev–Trinajstić information content (AvgIpc) is 2.72. The van der Waals surface area contributed by atoms with Gasteiger partial charge in [-0.2, -0.15) is 4.98 Å². The molecule has 0 saturated carbocycles. The molecule has 6 nitrogen and oxygen atoms in total. The van der Waals surface area contributed by atoms with E-state index in [2.05, 4.69) is 43.2 Å². The Labute approximate surface area is 188 Å². The summed E-state index contributed by atoms with van der Waals surface area (Å²) in [5.41, 5.74) is 8.12. The maximum absolute atomic E-state index is 12.9. The standard InChI is InChI=1S/C24H27N3O3.ClH/c1-13-9-14(2)21(15(3)10-13)25-23-16(4)22-18-12-20(30-6)19(29-5)11-17(18)7-8-27(22)24(28)26-23;/h9-12H,7-8H2,1-6H3,(H,25,26,28);1H. The van der Waals surface area contributed by atoms with Gasteiger partial charge in [-0.05, 0) is 62.9 Å². The molecule has 1 N–H and O–H groups in total. The fourth-order valence-electron chi connectivity index (χ4n) is 4.40. The van der Waals surface area contributed by atoms with Crippen LogP contribution in [0.1, 0.15) is 27.8 Å². The summed E-state index contributed by atoms with van der Waals surface area (Å²) < 4.78 is 12.7. The third kappa shape index (κ3) is 3.88. The summed E-state index contributed by atoms with van der Waals surface area (Å²) in [6.07, 6.45) is 0.743. The zero-order valence-electron chi connectivity index (χ0n) is 18.8. The summed E-state index contributed by atoms with van der Waals surface area (Å²) in [5.74, 6) is 1.93. The number of fused-ring (bicyclic) bond motifs is 3. The van der Waals surface area contributed by atoms with Gasteiger partial charge in [0.15, 0.2) is 11.5 Å². The molecule has 0 aliphatic carbocycles. The molecule has 7 heteroatoms. The molecule has 1 aliphatic rings. The largest absolute Gasteiger partial charge is 0.493 e. The lowest BCUT2D eigenvalue weighted by molar-refractivity contribution is 0.354. The van der Waals surface area contributed by atoms with Gasteiger partial charge in [0, 0.05) is 23.4 Å². The highest BCUT2D eigenvalue weighted by atomic mass is 35.5. The Morgan fingerprint density at radius 2 is 1.58 bits per heavy atom. The Bertz CT molecular complexity index is 1190. The number of halogens is 1. The van der Waals surface area contributed by atoms with Crippen molar-refractivity contribution in [2.24, 2.45) is 0 Å². The van der Waals surface area contributed by atoms with Crippen LogP contribution in [0.3, 0.4) is 0 Å². The molecule has 0 unspecified atom stereocenters. The highest BCUT2D eigenvalue weighted by Gasteiger charge is 2.24. The molecule has 0 radical (unpaired) electrons. The first-order valence-corrected chi connectivity index (χ1v) is 10.1. The van der Waals surface area contributed by atoms with E-state index in [1.54, 1.807) is 18.8 Å². The van der Waals surface area contributed by atoms with E-state index in [-0.39, 0.29) is 18.1 Å². The summed E-state index contributed by atoms with van der Waals surface area (Å²) in [7, 11) is 3.25. The van der Waals surface area contributed by atoms with Crippen LogP contribution in [0.5, 0.6) is 11.5 Å². The van der Waals surface area contributed by atoms with Crippen LogP contribution in [0.4, 0.5) is 11.5 Å². The SMILES string of the molecule is COc1cc2c(cc1OC)-c1c(C)c(Nc3c(C)cc(C)cc3C)nc(=O)n1CC2.Cl. The van der Waals surface area contributed by atoms with Crippen molar-refractivity contribution in [3.05, 3.63) is 62.6 Å². The Morgan fingerprint density at radius 1 is 0.968 bits per heavy atom. The lowest BCUT2D eigenvalue weighted by atomic mass is 9.94. The van der Waals surface area contributed by atoms with Gasteiger partial charge in [-0.25, -0.2) is 4.79 Å². The van der Waals surface area contributed by atoms with E-state index in [1.807, 2.05) is 19.1 Å². The fraction of sp³-hybridized carbons (Fsp3) is 0.333. The van der Waals surface area contributed by atoms with E-state index >= 15 is 0 Å². The van der Waals surface area contributed by atoms with E-state index in [9.17, 15) is 4.79 Å². The van der Waals surface area contributed by atoms with Crippen LogP contribution in [0.2, 0.25) is 0 Å². The van der Waals surface area contributed by atoms with E-state index in [1.165, 1.54) is 5.56 Å². The van der Waals surface area contributed by atoms with Gasteiger partial charge in [-0.3, -0.25) is 4.57 Å². The van der Waals surface area contributed by atoms with Gasteiger partial charge in [-0.15, -0.1) is 12.4 Å². The van der Waals surface area contributed by atoms with Crippen LogP contribution < -0.4 is 20.5 Å². The fourth-order valence-corrected chi connectivity index (χ4v) is 4.40. The highest BCUT2D eigenvalue weighted by Crippen LogP contribution is 2.40. The van der Waals surface area contributed by atoms with Crippen molar-refractivity contribution in [2.45, 2.75) is 40.7 Å². The number of nitrogens with one attached hydrogen (secondary N) is 1. The Hall–Kier alpha value is -2.99. The topological polar surface area (TPSA) is 65.4 Å². The van der Waals surface area contributed by atoms with Crippen LogP contribution in [0, 0.1) is 27.7 Å². The van der Waals surface area contributed by atoms with Crippen LogP contribution in [-0.4, -0.2) is 23.8 Å². The average molecular weight is 442 g/mol. The van der Waals surface area contributed by atoms with Gasteiger partial charge in [0.2, 0.25) is 0 Å². The van der Waals surface area contributed by atoms with Crippen molar-refractivity contribution >= 4 is 23.9 Å². The van der Waals surface area contributed by atoms with Crippen LogP contribution in [-0.2, 0) is 13.0 Å². The lowest BCUT2D eigenvalue weighted by Crippen LogP contribution is -2.30. The number of ether oxygens (including phenoxy) is 2. The van der Waals surface area contributed by atoms with Gasteiger partial charge in [0.1, 0.15) is 5.82 Å². The van der Waals surface area contributed by atoms with Crippen molar-refractivity contribution in [2.75, 3.05) is 19.5 Å². The number of benzene rings is 2. The third-order valence-electron chi connectivity index (χ3n) is 5.81. The van der Waals surface area contributed by atoms with Crippen molar-refractivity contribution in [3.8, 4) is 22.8 Å². The van der Waals surface area contributed by atoms with Crippen LogP contribution in [0.25, 0.3) is 11.3 Å². The van der Waals surface area contributed by atoms with Crippen LogP contribution >= 0.6 is 12.4 Å². The summed E-state index contributed by atoms with van der Waals surface area (Å²) in [5, 5.41) is 3.43. The number of methoxy groups -OCH3 is 2.